The van der Waals surface area contributed by atoms with Gasteiger partial charge >= 0.3 is 5.97 Å². The van der Waals surface area contributed by atoms with Crippen LogP contribution >= 0.6 is 22.0 Å². The minimum absolute atomic E-state index is 0.327. The lowest BCUT2D eigenvalue weighted by molar-refractivity contribution is 0.0698. The maximum atomic E-state index is 11.2. The van der Waals surface area contributed by atoms with E-state index in [4.69, 9.17) is 20.2 Å². The molecule has 2 rings (SSSR count). The molecule has 2 aromatic heterocycles. The second-order valence-corrected chi connectivity index (χ2v) is 6.61. The van der Waals surface area contributed by atoms with Crippen LogP contribution in [0.1, 0.15) is 9.67 Å². The molecular weight excluding hydrogens is 288 g/mol. The molecule has 90 valence electrons. The fourth-order valence-electron chi connectivity index (χ4n) is 1.24. The molecule has 5 nitrogen and oxygen atoms in total. The molecule has 1 N–H and O–H groups in total. The van der Waals surface area contributed by atoms with E-state index in [0.717, 1.165) is 11.3 Å². The van der Waals surface area contributed by atoms with Gasteiger partial charge in [0.2, 0.25) is 0 Å². The van der Waals surface area contributed by atoms with Crippen LogP contribution in [-0.2, 0) is 9.05 Å². The van der Waals surface area contributed by atoms with Crippen molar-refractivity contribution in [2.45, 2.75) is 4.90 Å². The van der Waals surface area contributed by atoms with Gasteiger partial charge in [-0.2, -0.15) is 0 Å². The summed E-state index contributed by atoms with van der Waals surface area (Å²) in [5, 5.41) is 8.90. The summed E-state index contributed by atoms with van der Waals surface area (Å²) in [7, 11) is 1.08. The van der Waals surface area contributed by atoms with E-state index in [1.165, 1.54) is 12.3 Å². The number of hydrogen-bond donors (Lipinski definition) is 1. The van der Waals surface area contributed by atoms with Crippen LogP contribution < -0.4 is 0 Å². The lowest BCUT2D eigenvalue weighted by atomic mass is 10.3. The van der Waals surface area contributed by atoms with Crippen molar-refractivity contribution in [1.82, 2.24) is 0 Å². The quantitative estimate of drug-likeness (QED) is 0.879. The largest absolute Gasteiger partial charge is 0.477 e. The Morgan fingerprint density at radius 3 is 2.59 bits per heavy atom. The first-order valence-electron chi connectivity index (χ1n) is 4.25. The van der Waals surface area contributed by atoms with Crippen LogP contribution in [0.25, 0.3) is 10.6 Å². The number of carbonyl (C=O) groups is 1. The zero-order valence-electron chi connectivity index (χ0n) is 8.08. The summed E-state index contributed by atoms with van der Waals surface area (Å²) < 4.78 is 27.5. The molecule has 0 bridgehead atoms. The number of halogens is 1. The van der Waals surface area contributed by atoms with Gasteiger partial charge in [0, 0.05) is 10.7 Å². The lowest BCUT2D eigenvalue weighted by Crippen LogP contribution is -1.99. The highest BCUT2D eigenvalue weighted by Crippen LogP contribution is 2.35. The van der Waals surface area contributed by atoms with Crippen LogP contribution in [0.2, 0.25) is 0 Å². The third-order valence-corrected chi connectivity index (χ3v) is 4.53. The van der Waals surface area contributed by atoms with Gasteiger partial charge in [-0.05, 0) is 18.2 Å². The van der Waals surface area contributed by atoms with Crippen molar-refractivity contribution in [2.24, 2.45) is 0 Å². The summed E-state index contributed by atoms with van der Waals surface area (Å²) in [6.07, 6.45) is 1.41. The molecule has 0 atom stereocenters. The van der Waals surface area contributed by atoms with Crippen molar-refractivity contribution in [2.75, 3.05) is 0 Å². The van der Waals surface area contributed by atoms with Crippen molar-refractivity contribution < 1.29 is 22.7 Å². The first-order chi connectivity index (χ1) is 7.89. The predicted molar refractivity (Wildman–Crippen MR) is 62.0 cm³/mol. The lowest BCUT2D eigenvalue weighted by Gasteiger charge is -1.92. The molecule has 0 aliphatic rings. The maximum absolute atomic E-state index is 11.2. The molecule has 17 heavy (non-hydrogen) atoms. The topological polar surface area (TPSA) is 84.6 Å². The Hall–Kier alpha value is -1.31. The normalized spacial score (nSPS) is 11.6. The second-order valence-electron chi connectivity index (χ2n) is 3.02. The first kappa shape index (κ1) is 12.2. The molecule has 2 heterocycles. The van der Waals surface area contributed by atoms with Crippen LogP contribution in [0.3, 0.4) is 0 Å². The average Bonchev–Trinajstić information content (AvgIpc) is 2.85. The minimum atomic E-state index is -4.09. The SMILES string of the molecule is O=C(O)c1sc(-c2ccco2)cc1S(=O)(=O)Cl. The van der Waals surface area contributed by atoms with Crippen LogP contribution in [0.15, 0.2) is 33.8 Å². The van der Waals surface area contributed by atoms with Gasteiger partial charge in [0.05, 0.1) is 11.1 Å². The molecule has 0 saturated carbocycles. The Labute approximate surface area is 105 Å². The molecule has 2 aromatic rings. The molecule has 0 radical (unpaired) electrons. The van der Waals surface area contributed by atoms with Gasteiger partial charge < -0.3 is 9.52 Å². The van der Waals surface area contributed by atoms with Gasteiger partial charge in [-0.1, -0.05) is 0 Å². The summed E-state index contributed by atoms with van der Waals surface area (Å²) in [5.41, 5.74) is 0. The monoisotopic (exact) mass is 292 g/mol. The van der Waals surface area contributed by atoms with Crippen LogP contribution in [0.5, 0.6) is 0 Å². The smallest absolute Gasteiger partial charge is 0.347 e. The third-order valence-electron chi connectivity index (χ3n) is 1.92. The molecule has 0 aliphatic carbocycles. The van der Waals surface area contributed by atoms with Gasteiger partial charge in [-0.3, -0.25) is 0 Å². The summed E-state index contributed by atoms with van der Waals surface area (Å²) in [6.45, 7) is 0. The number of carboxylic acid groups (broad SMARTS) is 1. The van der Waals surface area contributed by atoms with E-state index in [1.54, 1.807) is 12.1 Å². The zero-order chi connectivity index (χ0) is 12.6. The summed E-state index contributed by atoms with van der Waals surface area (Å²) in [6, 6.07) is 4.40. The number of hydrogen-bond acceptors (Lipinski definition) is 5. The standard InChI is InChI=1S/C9H5ClO5S2/c10-17(13,14)7-4-6(5-2-1-3-15-5)16-8(7)9(11)12/h1-4H,(H,11,12). The second kappa shape index (κ2) is 4.17. The van der Waals surface area contributed by atoms with E-state index < -0.39 is 19.9 Å². The zero-order valence-corrected chi connectivity index (χ0v) is 10.5. The van der Waals surface area contributed by atoms with Crippen LogP contribution in [0, 0.1) is 0 Å². The summed E-state index contributed by atoms with van der Waals surface area (Å²) in [4.78, 5) is 10.6. The first-order valence-corrected chi connectivity index (χ1v) is 7.38. The number of rotatable bonds is 3. The van der Waals surface area contributed by atoms with E-state index in [-0.39, 0.29) is 4.88 Å². The van der Waals surface area contributed by atoms with E-state index >= 15 is 0 Å². The fourth-order valence-corrected chi connectivity index (χ4v) is 3.70. The number of aromatic carboxylic acids is 1. The average molecular weight is 293 g/mol. The van der Waals surface area contributed by atoms with E-state index in [1.807, 2.05) is 0 Å². The highest BCUT2D eigenvalue weighted by molar-refractivity contribution is 8.13. The van der Waals surface area contributed by atoms with Crippen molar-refractivity contribution in [1.29, 1.82) is 0 Å². The Morgan fingerprint density at radius 2 is 2.18 bits per heavy atom. The molecule has 0 unspecified atom stereocenters. The predicted octanol–water partition coefficient (Wildman–Crippen LogP) is 2.63. The Kier molecular flexibility index (Phi) is 2.98. The van der Waals surface area contributed by atoms with Gasteiger partial charge in [0.15, 0.2) is 0 Å². The van der Waals surface area contributed by atoms with Crippen molar-refractivity contribution >= 4 is 37.0 Å². The van der Waals surface area contributed by atoms with E-state index in [9.17, 15) is 13.2 Å². The third kappa shape index (κ3) is 2.36. The van der Waals surface area contributed by atoms with Gasteiger partial charge in [-0.25, -0.2) is 13.2 Å². The van der Waals surface area contributed by atoms with Crippen LogP contribution in [-0.4, -0.2) is 19.5 Å². The van der Waals surface area contributed by atoms with Gasteiger partial charge in [0.1, 0.15) is 15.5 Å². The highest BCUT2D eigenvalue weighted by atomic mass is 35.7. The minimum Gasteiger partial charge on any atom is -0.477 e. The summed E-state index contributed by atoms with van der Waals surface area (Å²) >= 11 is 0.795. The number of carboxylic acids is 1. The molecule has 0 aromatic carbocycles. The fraction of sp³-hybridized carbons (Fsp3) is 0. The highest BCUT2D eigenvalue weighted by Gasteiger charge is 2.25. The molecule has 0 aliphatic heterocycles. The maximum Gasteiger partial charge on any atom is 0.347 e. The van der Waals surface area contributed by atoms with E-state index in [0.29, 0.717) is 10.6 Å². The molecule has 0 saturated heterocycles. The molecule has 8 heteroatoms. The van der Waals surface area contributed by atoms with Gasteiger partial charge in [0.25, 0.3) is 9.05 Å². The van der Waals surface area contributed by atoms with E-state index in [2.05, 4.69) is 0 Å². The van der Waals surface area contributed by atoms with Crippen molar-refractivity contribution in [3.05, 3.63) is 29.3 Å². The Balaban J connectivity index is 2.65. The molecular formula is C9H5ClO5S2. The van der Waals surface area contributed by atoms with Crippen molar-refractivity contribution in [3.63, 3.8) is 0 Å². The molecule has 0 fully saturated rings. The van der Waals surface area contributed by atoms with Gasteiger partial charge in [-0.15, -0.1) is 11.3 Å². The number of furan rings is 1. The molecule has 0 spiro atoms. The number of thiophene rings is 1. The van der Waals surface area contributed by atoms with Crippen molar-refractivity contribution in [3.8, 4) is 10.6 Å². The van der Waals surface area contributed by atoms with Crippen LogP contribution in [0.4, 0.5) is 0 Å². The summed E-state index contributed by atoms with van der Waals surface area (Å²) in [5.74, 6) is -0.948. The Morgan fingerprint density at radius 1 is 1.47 bits per heavy atom. The molecule has 0 amide bonds. The Bertz CT molecular complexity index is 654.